The molecule has 0 unspecified atom stereocenters. The fourth-order valence-electron chi connectivity index (χ4n) is 1.49. The first-order valence-corrected chi connectivity index (χ1v) is 4.52. The van der Waals surface area contributed by atoms with Crippen LogP contribution in [0.3, 0.4) is 0 Å². The van der Waals surface area contributed by atoms with E-state index >= 15 is 0 Å². The van der Waals surface area contributed by atoms with Gasteiger partial charge in [-0.3, -0.25) is 10.1 Å². The monoisotopic (exact) mass is 227 g/mol. The molecule has 0 aromatic carbocycles. The predicted molar refractivity (Wildman–Crippen MR) is 51.6 cm³/mol. The van der Waals surface area contributed by atoms with E-state index < -0.39 is 11.7 Å². The van der Waals surface area contributed by atoms with Crippen LogP contribution in [0, 0.1) is 6.92 Å². The van der Waals surface area contributed by atoms with Crippen molar-refractivity contribution in [1.29, 1.82) is 0 Å². The van der Waals surface area contributed by atoms with Gasteiger partial charge in [0.15, 0.2) is 0 Å². The van der Waals surface area contributed by atoms with Gasteiger partial charge in [-0.1, -0.05) is 0 Å². The molecular weight excluding hydrogens is 219 g/mol. The van der Waals surface area contributed by atoms with Crippen molar-refractivity contribution >= 4 is 0 Å². The number of hydrogen-bond donors (Lipinski definition) is 1. The van der Waals surface area contributed by atoms with Crippen molar-refractivity contribution in [2.75, 3.05) is 0 Å². The molecular formula is C10H8F3N3. The van der Waals surface area contributed by atoms with Crippen LogP contribution in [-0.2, 0) is 6.18 Å². The highest BCUT2D eigenvalue weighted by atomic mass is 19.4. The Hall–Kier alpha value is -1.85. The van der Waals surface area contributed by atoms with E-state index in [2.05, 4.69) is 15.2 Å². The Balaban J connectivity index is 2.60. The van der Waals surface area contributed by atoms with Crippen LogP contribution >= 0.6 is 0 Å². The van der Waals surface area contributed by atoms with Crippen molar-refractivity contribution in [3.63, 3.8) is 0 Å². The summed E-state index contributed by atoms with van der Waals surface area (Å²) in [6.07, 6.45) is -1.57. The molecule has 2 aromatic heterocycles. The molecule has 0 radical (unpaired) electrons. The summed E-state index contributed by atoms with van der Waals surface area (Å²) in [6, 6.07) is 3.11. The fourth-order valence-corrected chi connectivity index (χ4v) is 1.49. The van der Waals surface area contributed by atoms with E-state index in [9.17, 15) is 13.2 Å². The van der Waals surface area contributed by atoms with Crippen LogP contribution in [0.4, 0.5) is 13.2 Å². The lowest BCUT2D eigenvalue weighted by Crippen LogP contribution is -2.07. The van der Waals surface area contributed by atoms with Gasteiger partial charge < -0.3 is 0 Å². The number of nitrogens with zero attached hydrogens (tertiary/aromatic N) is 2. The van der Waals surface area contributed by atoms with Gasteiger partial charge >= 0.3 is 6.18 Å². The number of halogens is 3. The number of aromatic nitrogens is 3. The Morgan fingerprint density at radius 3 is 2.62 bits per heavy atom. The molecule has 2 aromatic rings. The topological polar surface area (TPSA) is 41.6 Å². The van der Waals surface area contributed by atoms with Crippen molar-refractivity contribution in [1.82, 2.24) is 15.2 Å². The third-order valence-electron chi connectivity index (χ3n) is 2.17. The maximum Gasteiger partial charge on any atom is 0.420 e. The first-order chi connectivity index (χ1) is 7.50. The number of nitrogens with one attached hydrogen (secondary N) is 1. The molecule has 0 saturated carbocycles. The van der Waals surface area contributed by atoms with Crippen LogP contribution in [0.2, 0.25) is 0 Å². The number of aromatic amines is 1. The van der Waals surface area contributed by atoms with E-state index in [-0.39, 0.29) is 11.4 Å². The molecule has 0 saturated heterocycles. The van der Waals surface area contributed by atoms with Gasteiger partial charge in [0.2, 0.25) is 0 Å². The van der Waals surface area contributed by atoms with Gasteiger partial charge in [-0.15, -0.1) is 0 Å². The zero-order valence-electron chi connectivity index (χ0n) is 8.34. The Kier molecular flexibility index (Phi) is 2.41. The molecule has 2 rings (SSSR count). The van der Waals surface area contributed by atoms with Crippen LogP contribution in [0.1, 0.15) is 11.3 Å². The van der Waals surface area contributed by atoms with Gasteiger partial charge in [-0.25, -0.2) is 0 Å². The Labute approximate surface area is 89.3 Å². The van der Waals surface area contributed by atoms with E-state index in [0.717, 1.165) is 0 Å². The van der Waals surface area contributed by atoms with Gasteiger partial charge in [0.05, 0.1) is 0 Å². The normalized spacial score (nSPS) is 11.8. The highest BCUT2D eigenvalue weighted by Crippen LogP contribution is 2.37. The summed E-state index contributed by atoms with van der Waals surface area (Å²) in [7, 11) is 0. The average Bonchev–Trinajstić information content (AvgIpc) is 2.61. The lowest BCUT2D eigenvalue weighted by molar-refractivity contribution is -0.137. The van der Waals surface area contributed by atoms with E-state index in [1.807, 2.05) is 0 Å². The quantitative estimate of drug-likeness (QED) is 0.813. The molecule has 2 heterocycles. The second kappa shape index (κ2) is 3.62. The molecule has 1 N–H and O–H groups in total. The maximum absolute atomic E-state index is 12.7. The van der Waals surface area contributed by atoms with Gasteiger partial charge in [0.1, 0.15) is 11.3 Å². The molecule has 0 bridgehead atoms. The molecule has 16 heavy (non-hydrogen) atoms. The molecule has 0 amide bonds. The standard InChI is InChI=1S/C10H8F3N3/c1-6-8(10(11,12)13)9(16-15-6)7-3-2-4-14-5-7/h2-5H,1H3,(H,15,16). The maximum atomic E-state index is 12.7. The molecule has 84 valence electrons. The number of aryl methyl sites for hydroxylation is 1. The van der Waals surface area contributed by atoms with Crippen molar-refractivity contribution < 1.29 is 13.2 Å². The zero-order valence-corrected chi connectivity index (χ0v) is 8.34. The third kappa shape index (κ3) is 1.78. The van der Waals surface area contributed by atoms with Crippen LogP contribution in [0.15, 0.2) is 24.5 Å². The van der Waals surface area contributed by atoms with Crippen molar-refractivity contribution in [3.05, 3.63) is 35.8 Å². The van der Waals surface area contributed by atoms with Crippen LogP contribution in [0.25, 0.3) is 11.3 Å². The zero-order chi connectivity index (χ0) is 11.8. The fraction of sp³-hybridized carbons (Fsp3) is 0.200. The average molecular weight is 227 g/mol. The Morgan fingerprint density at radius 2 is 2.06 bits per heavy atom. The molecule has 0 spiro atoms. The predicted octanol–water partition coefficient (Wildman–Crippen LogP) is 2.80. The molecule has 0 aliphatic carbocycles. The SMILES string of the molecule is Cc1[nH]nc(-c2cccnc2)c1C(F)(F)F. The number of hydrogen-bond acceptors (Lipinski definition) is 2. The second-order valence-electron chi connectivity index (χ2n) is 3.31. The van der Waals surface area contributed by atoms with Gasteiger partial charge in [-0.05, 0) is 19.1 Å². The largest absolute Gasteiger partial charge is 0.420 e. The molecule has 0 fully saturated rings. The van der Waals surface area contributed by atoms with Crippen molar-refractivity contribution in [2.45, 2.75) is 13.1 Å². The summed E-state index contributed by atoms with van der Waals surface area (Å²) in [5.41, 5.74) is -0.496. The number of rotatable bonds is 1. The number of pyridine rings is 1. The highest BCUT2D eigenvalue weighted by Gasteiger charge is 2.37. The lowest BCUT2D eigenvalue weighted by atomic mass is 10.1. The summed E-state index contributed by atoms with van der Waals surface area (Å²) < 4.78 is 38.2. The van der Waals surface area contributed by atoms with E-state index in [1.165, 1.54) is 25.4 Å². The summed E-state index contributed by atoms with van der Waals surface area (Å²) in [5.74, 6) is 0. The van der Waals surface area contributed by atoms with Gasteiger partial charge in [0.25, 0.3) is 0 Å². The Morgan fingerprint density at radius 1 is 1.31 bits per heavy atom. The van der Waals surface area contributed by atoms with Crippen LogP contribution < -0.4 is 0 Å². The van der Waals surface area contributed by atoms with Gasteiger partial charge in [-0.2, -0.15) is 18.3 Å². The molecule has 0 atom stereocenters. The van der Waals surface area contributed by atoms with Gasteiger partial charge in [0, 0.05) is 23.7 Å². The second-order valence-corrected chi connectivity index (χ2v) is 3.31. The van der Waals surface area contributed by atoms with E-state index in [4.69, 9.17) is 0 Å². The molecule has 6 heteroatoms. The summed E-state index contributed by atoms with van der Waals surface area (Å²) in [6.45, 7) is 1.34. The van der Waals surface area contributed by atoms with Crippen LogP contribution in [-0.4, -0.2) is 15.2 Å². The summed E-state index contributed by atoms with van der Waals surface area (Å²) in [5, 5.41) is 6.01. The number of alkyl halides is 3. The van der Waals surface area contributed by atoms with Crippen molar-refractivity contribution in [3.8, 4) is 11.3 Å². The van der Waals surface area contributed by atoms with Crippen molar-refractivity contribution in [2.24, 2.45) is 0 Å². The minimum atomic E-state index is -4.41. The molecule has 3 nitrogen and oxygen atoms in total. The highest BCUT2D eigenvalue weighted by molar-refractivity contribution is 5.63. The lowest BCUT2D eigenvalue weighted by Gasteiger charge is -2.07. The molecule has 0 aliphatic rings. The minimum absolute atomic E-state index is 0.00588. The first-order valence-electron chi connectivity index (χ1n) is 4.52. The first kappa shape index (κ1) is 10.7. The summed E-state index contributed by atoms with van der Waals surface area (Å²) >= 11 is 0. The molecule has 0 aliphatic heterocycles. The third-order valence-corrected chi connectivity index (χ3v) is 2.17. The van der Waals surface area contributed by atoms with E-state index in [1.54, 1.807) is 6.07 Å². The number of H-pyrrole nitrogens is 1. The Bertz CT molecular complexity index is 488. The summed E-state index contributed by atoms with van der Waals surface area (Å²) in [4.78, 5) is 3.77. The van der Waals surface area contributed by atoms with E-state index in [0.29, 0.717) is 5.56 Å². The van der Waals surface area contributed by atoms with Crippen LogP contribution in [0.5, 0.6) is 0 Å². The smallest absolute Gasteiger partial charge is 0.282 e. The minimum Gasteiger partial charge on any atom is -0.282 e.